The van der Waals surface area contributed by atoms with Gasteiger partial charge >= 0.3 is 0 Å². The maximum atomic E-state index is 13.7. The Morgan fingerprint density at radius 3 is 2.57 bits per heavy atom. The van der Waals surface area contributed by atoms with Crippen LogP contribution in [0.2, 0.25) is 0 Å². The second-order valence-electron chi connectivity index (χ2n) is 7.98. The number of aromatic nitrogens is 3. The predicted octanol–water partition coefficient (Wildman–Crippen LogP) is 2.58. The Morgan fingerprint density at radius 1 is 1.09 bits per heavy atom. The monoisotopic (exact) mass is 483 g/mol. The molecule has 10 nitrogen and oxygen atoms in total. The van der Waals surface area contributed by atoms with Crippen molar-refractivity contribution in [2.24, 2.45) is 0 Å². The van der Waals surface area contributed by atoms with Gasteiger partial charge in [0.15, 0.2) is 11.5 Å². The van der Waals surface area contributed by atoms with Crippen LogP contribution in [0.4, 0.5) is 0 Å². The molecule has 0 saturated carbocycles. The van der Waals surface area contributed by atoms with Gasteiger partial charge in [-0.3, -0.25) is 9.59 Å². The third-order valence-corrected chi connectivity index (χ3v) is 5.67. The number of nitrogens with zero attached hydrogens (tertiary/aromatic N) is 4. The van der Waals surface area contributed by atoms with Crippen molar-refractivity contribution in [1.82, 2.24) is 25.2 Å². The van der Waals surface area contributed by atoms with E-state index < -0.39 is 6.04 Å². The molecule has 1 atom stereocenters. The number of benzene rings is 2. The van der Waals surface area contributed by atoms with Gasteiger partial charge in [-0.2, -0.15) is 0 Å². The van der Waals surface area contributed by atoms with E-state index in [1.165, 1.54) is 7.11 Å². The van der Waals surface area contributed by atoms with Crippen molar-refractivity contribution in [3.8, 4) is 11.5 Å². The molecule has 0 fully saturated rings. The molecule has 0 aliphatic heterocycles. The van der Waals surface area contributed by atoms with Crippen molar-refractivity contribution in [1.29, 1.82) is 0 Å². The van der Waals surface area contributed by atoms with E-state index in [9.17, 15) is 9.59 Å². The molecule has 0 unspecified atom stereocenters. The van der Waals surface area contributed by atoms with E-state index in [1.807, 2.05) is 31.2 Å². The predicted molar refractivity (Wildman–Crippen MR) is 131 cm³/mol. The zero-order valence-electron chi connectivity index (χ0n) is 20.7. The summed E-state index contributed by atoms with van der Waals surface area (Å²) in [6.07, 6.45) is 1.60. The van der Waals surface area contributed by atoms with Crippen LogP contribution in [0.5, 0.6) is 11.5 Å². The summed E-state index contributed by atoms with van der Waals surface area (Å²) >= 11 is 0. The van der Waals surface area contributed by atoms with Crippen LogP contribution in [0.15, 0.2) is 42.5 Å². The summed E-state index contributed by atoms with van der Waals surface area (Å²) in [5.41, 5.74) is 2.07. The Kier molecular flexibility index (Phi) is 9.42. The van der Waals surface area contributed by atoms with Crippen LogP contribution >= 0.6 is 0 Å². The molecule has 1 N–H and O–H groups in total. The Balaban J connectivity index is 1.99. The molecule has 3 aromatic rings. The summed E-state index contributed by atoms with van der Waals surface area (Å²) < 4.78 is 17.4. The summed E-state index contributed by atoms with van der Waals surface area (Å²) in [6, 6.07) is 11.8. The minimum absolute atomic E-state index is 0.0423. The molecule has 0 saturated heterocycles. The van der Waals surface area contributed by atoms with Crippen LogP contribution in [-0.4, -0.2) is 72.7 Å². The van der Waals surface area contributed by atoms with Gasteiger partial charge in [0.25, 0.3) is 0 Å². The number of rotatable bonds is 13. The number of methoxy groups -OCH3 is 3. The van der Waals surface area contributed by atoms with Crippen LogP contribution in [-0.2, 0) is 20.9 Å². The van der Waals surface area contributed by atoms with E-state index in [4.69, 9.17) is 14.2 Å². The molecule has 0 spiro atoms. The van der Waals surface area contributed by atoms with E-state index in [1.54, 1.807) is 42.0 Å². The molecule has 0 bridgehead atoms. The van der Waals surface area contributed by atoms with Crippen LogP contribution in [0, 0.1) is 0 Å². The fourth-order valence-electron chi connectivity index (χ4n) is 3.85. The van der Waals surface area contributed by atoms with E-state index >= 15 is 0 Å². The van der Waals surface area contributed by atoms with Crippen molar-refractivity contribution in [3.05, 3.63) is 48.0 Å². The molecule has 2 aromatic carbocycles. The first-order valence-electron chi connectivity index (χ1n) is 11.6. The number of carbonyl (C=O) groups is 2. The number of hydrogen-bond acceptors (Lipinski definition) is 7. The Hall–Kier alpha value is -3.66. The van der Waals surface area contributed by atoms with Gasteiger partial charge < -0.3 is 24.4 Å². The number of carbonyl (C=O) groups excluding carboxylic acids is 2. The smallest absolute Gasteiger partial charge is 0.247 e. The zero-order chi connectivity index (χ0) is 25.2. The molecular weight excluding hydrogens is 450 g/mol. The van der Waals surface area contributed by atoms with Gasteiger partial charge in [-0.1, -0.05) is 36.8 Å². The van der Waals surface area contributed by atoms with Crippen molar-refractivity contribution < 1.29 is 23.8 Å². The van der Waals surface area contributed by atoms with Gasteiger partial charge in [0.2, 0.25) is 11.8 Å². The standard InChI is InChI=1S/C25H33N5O5/c1-5-6-14-29(23(31)17-30-20-10-8-7-9-19(20)27-28-30)24(25(32)26-13-15-33-2)18-11-12-21(34-3)22(16-18)35-4/h7-12,16,24H,5-6,13-15,17H2,1-4H3,(H,26,32)/t24-/m1/s1. The van der Waals surface area contributed by atoms with E-state index in [0.29, 0.717) is 42.3 Å². The van der Waals surface area contributed by atoms with Crippen LogP contribution < -0.4 is 14.8 Å². The second kappa shape index (κ2) is 12.7. The third kappa shape index (κ3) is 6.27. The highest BCUT2D eigenvalue weighted by molar-refractivity contribution is 5.89. The number of hydrogen-bond donors (Lipinski definition) is 1. The highest BCUT2D eigenvalue weighted by Crippen LogP contribution is 2.32. The summed E-state index contributed by atoms with van der Waals surface area (Å²) in [5.74, 6) is 0.470. The Bertz CT molecular complexity index is 1130. The van der Waals surface area contributed by atoms with Crippen LogP contribution in [0.3, 0.4) is 0 Å². The summed E-state index contributed by atoms with van der Waals surface area (Å²) in [5, 5.41) is 11.2. The first-order chi connectivity index (χ1) is 17.0. The minimum atomic E-state index is -0.875. The number of amides is 2. The Labute approximate surface area is 205 Å². The van der Waals surface area contributed by atoms with Crippen LogP contribution in [0.1, 0.15) is 31.4 Å². The van der Waals surface area contributed by atoms with Gasteiger partial charge in [-0.25, -0.2) is 4.68 Å². The highest BCUT2D eigenvalue weighted by atomic mass is 16.5. The highest BCUT2D eigenvalue weighted by Gasteiger charge is 2.32. The zero-order valence-corrected chi connectivity index (χ0v) is 20.7. The minimum Gasteiger partial charge on any atom is -0.493 e. The summed E-state index contributed by atoms with van der Waals surface area (Å²) in [4.78, 5) is 28.7. The van der Waals surface area contributed by atoms with Crippen molar-refractivity contribution in [2.75, 3.05) is 41.0 Å². The van der Waals surface area contributed by atoms with Gasteiger partial charge in [0, 0.05) is 20.2 Å². The molecule has 3 rings (SSSR count). The SMILES string of the molecule is CCCCN(C(=O)Cn1nnc2ccccc21)[C@@H](C(=O)NCCOC)c1ccc(OC)c(OC)c1. The number of ether oxygens (including phenoxy) is 3. The number of para-hydroxylation sites is 1. The third-order valence-electron chi connectivity index (χ3n) is 5.67. The van der Waals surface area contributed by atoms with Crippen molar-refractivity contribution in [3.63, 3.8) is 0 Å². The molecule has 0 aliphatic carbocycles. The fraction of sp³-hybridized carbons (Fsp3) is 0.440. The number of fused-ring (bicyclic) bond motifs is 1. The van der Waals surface area contributed by atoms with Crippen molar-refractivity contribution in [2.45, 2.75) is 32.4 Å². The number of unbranched alkanes of at least 4 members (excludes halogenated alkanes) is 1. The number of nitrogens with one attached hydrogen (secondary N) is 1. The topological polar surface area (TPSA) is 108 Å². The Morgan fingerprint density at radius 2 is 1.86 bits per heavy atom. The lowest BCUT2D eigenvalue weighted by atomic mass is 10.0. The van der Waals surface area contributed by atoms with Gasteiger partial charge in [0.05, 0.1) is 26.3 Å². The van der Waals surface area contributed by atoms with Gasteiger partial charge in [-0.05, 0) is 36.2 Å². The maximum Gasteiger partial charge on any atom is 0.247 e. The molecule has 188 valence electrons. The molecule has 0 aliphatic rings. The molecule has 1 heterocycles. The fourth-order valence-corrected chi connectivity index (χ4v) is 3.85. The van der Waals surface area contributed by atoms with E-state index in [-0.39, 0.29) is 18.4 Å². The van der Waals surface area contributed by atoms with Crippen molar-refractivity contribution >= 4 is 22.8 Å². The summed E-state index contributed by atoms with van der Waals surface area (Å²) in [6.45, 7) is 3.08. The maximum absolute atomic E-state index is 13.7. The molecule has 35 heavy (non-hydrogen) atoms. The molecular formula is C25H33N5O5. The first-order valence-corrected chi connectivity index (χ1v) is 11.6. The molecule has 0 radical (unpaired) electrons. The average molecular weight is 484 g/mol. The lowest BCUT2D eigenvalue weighted by Gasteiger charge is -2.32. The largest absolute Gasteiger partial charge is 0.493 e. The van der Waals surface area contributed by atoms with E-state index in [2.05, 4.69) is 15.6 Å². The second-order valence-corrected chi connectivity index (χ2v) is 7.98. The normalized spacial score (nSPS) is 11.8. The van der Waals surface area contributed by atoms with Crippen LogP contribution in [0.25, 0.3) is 11.0 Å². The summed E-state index contributed by atoms with van der Waals surface area (Å²) in [7, 11) is 4.65. The lowest BCUT2D eigenvalue weighted by molar-refractivity contribution is -0.141. The molecule has 2 amide bonds. The van der Waals surface area contributed by atoms with Gasteiger partial charge in [0.1, 0.15) is 18.1 Å². The lowest BCUT2D eigenvalue weighted by Crippen LogP contribution is -2.46. The van der Waals surface area contributed by atoms with Gasteiger partial charge in [-0.15, -0.1) is 5.10 Å². The van der Waals surface area contributed by atoms with E-state index in [0.717, 1.165) is 18.4 Å². The average Bonchev–Trinajstić information content (AvgIpc) is 3.28. The molecule has 1 aromatic heterocycles. The first kappa shape index (κ1) is 26.0. The quantitative estimate of drug-likeness (QED) is 0.372. The molecule has 10 heteroatoms.